The lowest BCUT2D eigenvalue weighted by molar-refractivity contribution is -0.139. The van der Waals surface area contributed by atoms with Gasteiger partial charge in [0, 0.05) is 0 Å². The highest BCUT2D eigenvalue weighted by atomic mass is 16.4. The van der Waals surface area contributed by atoms with Gasteiger partial charge in [0.15, 0.2) is 5.78 Å². The number of rotatable bonds is 15. The van der Waals surface area contributed by atoms with Gasteiger partial charge in [0.05, 0.1) is 0 Å². The van der Waals surface area contributed by atoms with E-state index in [1.807, 2.05) is 0 Å². The van der Waals surface area contributed by atoms with Crippen LogP contribution in [0, 0.1) is 0 Å². The first-order chi connectivity index (χ1) is 10.2. The molecule has 0 unspecified atom stereocenters. The number of carboxylic acid groups (broad SMARTS) is 1. The van der Waals surface area contributed by atoms with E-state index >= 15 is 0 Å². The van der Waals surface area contributed by atoms with E-state index < -0.39 is 12.4 Å². The fourth-order valence-corrected chi connectivity index (χ4v) is 2.35. The summed E-state index contributed by atoms with van der Waals surface area (Å²) in [5, 5.41) is 8.43. The number of carbonyl (C=O) groups excluding carboxylic acids is 1. The molecular weight excluding hydrogens is 264 g/mol. The molecule has 0 radical (unpaired) electrons. The topological polar surface area (TPSA) is 54.4 Å². The quantitative estimate of drug-likeness (QED) is 0.254. The number of ketones is 1. The minimum atomic E-state index is -1.06. The Balaban J connectivity index is 3.20. The average Bonchev–Trinajstić information content (AvgIpc) is 2.43. The molecule has 0 heterocycles. The van der Waals surface area contributed by atoms with Crippen LogP contribution >= 0.6 is 0 Å². The van der Waals surface area contributed by atoms with Crippen molar-refractivity contribution < 1.29 is 14.7 Å². The fraction of sp³-hybridized carbons (Fsp3) is 0.778. The van der Waals surface area contributed by atoms with Crippen LogP contribution in [0.25, 0.3) is 0 Å². The van der Waals surface area contributed by atoms with Gasteiger partial charge in [0.2, 0.25) is 0 Å². The van der Waals surface area contributed by atoms with Gasteiger partial charge in [-0.3, -0.25) is 9.59 Å². The number of allylic oxidation sites excluding steroid dienone is 2. The molecular formula is C18H32O3. The van der Waals surface area contributed by atoms with Gasteiger partial charge in [-0.1, -0.05) is 77.2 Å². The first-order valence-electron chi connectivity index (χ1n) is 8.58. The smallest absolute Gasteiger partial charge is 0.311 e. The molecule has 0 atom stereocenters. The average molecular weight is 296 g/mol. The zero-order valence-electron chi connectivity index (χ0n) is 13.6. The van der Waals surface area contributed by atoms with Gasteiger partial charge in [-0.2, -0.15) is 0 Å². The minimum absolute atomic E-state index is 0.314. The minimum Gasteiger partial charge on any atom is -0.481 e. The van der Waals surface area contributed by atoms with Gasteiger partial charge in [-0.05, 0) is 18.9 Å². The molecule has 3 heteroatoms. The second kappa shape index (κ2) is 15.3. The molecule has 0 amide bonds. The van der Waals surface area contributed by atoms with Gasteiger partial charge in [-0.15, -0.1) is 0 Å². The second-order valence-corrected chi connectivity index (χ2v) is 5.76. The normalized spacial score (nSPS) is 11.1. The Labute approximate surface area is 129 Å². The lowest BCUT2D eigenvalue weighted by Gasteiger charge is -2.01. The Hall–Kier alpha value is -1.12. The summed E-state index contributed by atoms with van der Waals surface area (Å²) >= 11 is 0. The van der Waals surface area contributed by atoms with E-state index in [9.17, 15) is 9.59 Å². The Kier molecular flexibility index (Phi) is 14.5. The molecule has 3 nitrogen and oxygen atoms in total. The van der Waals surface area contributed by atoms with Crippen molar-refractivity contribution in [1.82, 2.24) is 0 Å². The van der Waals surface area contributed by atoms with E-state index in [0.717, 1.165) is 12.8 Å². The molecule has 0 rings (SSSR count). The molecule has 0 aliphatic heterocycles. The van der Waals surface area contributed by atoms with Crippen molar-refractivity contribution in [2.24, 2.45) is 0 Å². The highest BCUT2D eigenvalue weighted by molar-refractivity contribution is 6.01. The predicted molar refractivity (Wildman–Crippen MR) is 87.5 cm³/mol. The van der Waals surface area contributed by atoms with E-state index in [4.69, 9.17) is 5.11 Å². The molecule has 0 spiro atoms. The number of unbranched alkanes of at least 4 members (excludes halogenated alkanes) is 11. The van der Waals surface area contributed by atoms with Gasteiger partial charge in [0.1, 0.15) is 6.42 Å². The number of hydrogen-bond donors (Lipinski definition) is 1. The van der Waals surface area contributed by atoms with E-state index in [0.29, 0.717) is 0 Å². The summed E-state index contributed by atoms with van der Waals surface area (Å²) in [7, 11) is 0. The molecule has 0 aliphatic carbocycles. The van der Waals surface area contributed by atoms with Gasteiger partial charge >= 0.3 is 5.97 Å². The SMILES string of the molecule is CCCCCCCCCCCCCC=CC(=O)CC(=O)O. The summed E-state index contributed by atoms with van der Waals surface area (Å²) in [6, 6.07) is 0. The van der Waals surface area contributed by atoms with Gasteiger partial charge in [0.25, 0.3) is 0 Å². The number of carboxylic acids is 1. The molecule has 0 fully saturated rings. The summed E-state index contributed by atoms with van der Waals surface area (Å²) in [6.45, 7) is 2.25. The zero-order valence-corrected chi connectivity index (χ0v) is 13.6. The largest absolute Gasteiger partial charge is 0.481 e. The van der Waals surface area contributed by atoms with Crippen LogP contribution in [0.3, 0.4) is 0 Å². The summed E-state index contributed by atoms with van der Waals surface area (Å²) < 4.78 is 0. The summed E-state index contributed by atoms with van der Waals surface area (Å²) in [4.78, 5) is 21.4. The van der Waals surface area contributed by atoms with Crippen molar-refractivity contribution >= 4 is 11.8 Å². The Bertz CT molecular complexity index is 295. The van der Waals surface area contributed by atoms with Crippen LogP contribution in [0.15, 0.2) is 12.2 Å². The Morgan fingerprint density at radius 2 is 1.29 bits per heavy atom. The number of carbonyl (C=O) groups is 2. The maximum Gasteiger partial charge on any atom is 0.311 e. The standard InChI is InChI=1S/C18H32O3/c1-2-3-4-5-6-7-8-9-10-11-12-13-14-15-17(19)16-18(20)21/h14-15H,2-13,16H2,1H3,(H,20,21). The van der Waals surface area contributed by atoms with Crippen molar-refractivity contribution in [3.63, 3.8) is 0 Å². The maximum absolute atomic E-state index is 11.1. The molecule has 0 saturated carbocycles. The van der Waals surface area contributed by atoms with Crippen LogP contribution < -0.4 is 0 Å². The molecule has 1 N–H and O–H groups in total. The zero-order chi connectivity index (χ0) is 15.8. The van der Waals surface area contributed by atoms with Crippen LogP contribution in [0.2, 0.25) is 0 Å². The van der Waals surface area contributed by atoms with Crippen LogP contribution in [-0.4, -0.2) is 16.9 Å². The first-order valence-corrected chi connectivity index (χ1v) is 8.58. The summed E-state index contributed by atoms with van der Waals surface area (Å²) in [6.07, 6.45) is 18.1. The fourth-order valence-electron chi connectivity index (χ4n) is 2.35. The third kappa shape index (κ3) is 16.8. The monoisotopic (exact) mass is 296 g/mol. The molecule has 0 bridgehead atoms. The van der Waals surface area contributed by atoms with E-state index in [1.54, 1.807) is 6.08 Å². The van der Waals surface area contributed by atoms with Gasteiger partial charge < -0.3 is 5.11 Å². The molecule has 0 saturated heterocycles. The van der Waals surface area contributed by atoms with Gasteiger partial charge in [-0.25, -0.2) is 0 Å². The molecule has 0 aromatic heterocycles. The van der Waals surface area contributed by atoms with Crippen LogP contribution in [-0.2, 0) is 9.59 Å². The third-order valence-electron chi connectivity index (χ3n) is 3.60. The number of hydrogen-bond acceptors (Lipinski definition) is 2. The third-order valence-corrected chi connectivity index (χ3v) is 3.60. The lowest BCUT2D eigenvalue weighted by atomic mass is 10.1. The van der Waals surface area contributed by atoms with Crippen molar-refractivity contribution in [2.75, 3.05) is 0 Å². The van der Waals surface area contributed by atoms with Crippen LogP contribution in [0.5, 0.6) is 0 Å². The summed E-state index contributed by atoms with van der Waals surface area (Å²) in [5.41, 5.74) is 0. The lowest BCUT2D eigenvalue weighted by Crippen LogP contribution is -2.02. The molecule has 0 aromatic rings. The van der Waals surface area contributed by atoms with E-state index in [1.165, 1.54) is 70.3 Å². The van der Waals surface area contributed by atoms with Crippen molar-refractivity contribution in [3.05, 3.63) is 12.2 Å². The van der Waals surface area contributed by atoms with Crippen molar-refractivity contribution in [1.29, 1.82) is 0 Å². The van der Waals surface area contributed by atoms with E-state index in [-0.39, 0.29) is 5.78 Å². The number of aliphatic carboxylic acids is 1. The molecule has 21 heavy (non-hydrogen) atoms. The van der Waals surface area contributed by atoms with Crippen molar-refractivity contribution in [3.8, 4) is 0 Å². The highest BCUT2D eigenvalue weighted by Crippen LogP contribution is 2.12. The van der Waals surface area contributed by atoms with Crippen LogP contribution in [0.4, 0.5) is 0 Å². The maximum atomic E-state index is 11.1. The molecule has 122 valence electrons. The second-order valence-electron chi connectivity index (χ2n) is 5.76. The van der Waals surface area contributed by atoms with E-state index in [2.05, 4.69) is 6.92 Å². The molecule has 0 aromatic carbocycles. The first kappa shape index (κ1) is 19.9. The highest BCUT2D eigenvalue weighted by Gasteiger charge is 2.02. The van der Waals surface area contributed by atoms with Crippen molar-refractivity contribution in [2.45, 2.75) is 90.4 Å². The Morgan fingerprint density at radius 1 is 0.810 bits per heavy atom. The summed E-state index contributed by atoms with van der Waals surface area (Å²) in [5.74, 6) is -1.37. The van der Waals surface area contributed by atoms with Crippen LogP contribution in [0.1, 0.15) is 90.4 Å². The molecule has 0 aliphatic rings. The Morgan fingerprint density at radius 3 is 1.76 bits per heavy atom. The predicted octanol–water partition coefficient (Wildman–Crippen LogP) is 5.29.